The van der Waals surface area contributed by atoms with E-state index in [1.54, 1.807) is 24.0 Å². The number of carbonyl (C=O) groups excluding carboxylic acids is 1. The van der Waals surface area contributed by atoms with Gasteiger partial charge in [0.25, 0.3) is 5.91 Å². The summed E-state index contributed by atoms with van der Waals surface area (Å²) >= 11 is 1.28. The van der Waals surface area contributed by atoms with Crippen LogP contribution in [-0.4, -0.2) is 42.0 Å². The van der Waals surface area contributed by atoms with E-state index in [0.29, 0.717) is 54.2 Å². The van der Waals surface area contributed by atoms with Gasteiger partial charge in [0.05, 0.1) is 10.4 Å². The Morgan fingerprint density at radius 3 is 2.57 bits per heavy atom. The highest BCUT2D eigenvalue weighted by atomic mass is 32.1. The number of thiophene rings is 1. The number of pyridine rings is 1. The Labute approximate surface area is 174 Å². The molecule has 0 saturated carbocycles. The van der Waals surface area contributed by atoms with Gasteiger partial charge in [0.15, 0.2) is 0 Å². The Morgan fingerprint density at radius 1 is 1.10 bits per heavy atom. The van der Waals surface area contributed by atoms with Crippen molar-refractivity contribution in [2.75, 3.05) is 31.1 Å². The summed E-state index contributed by atoms with van der Waals surface area (Å²) in [6.07, 6.45) is -2.93. The van der Waals surface area contributed by atoms with Crippen molar-refractivity contribution in [2.45, 2.75) is 19.5 Å². The molecule has 1 aromatic carbocycles. The molecular weight excluding hydrogens is 418 g/mol. The van der Waals surface area contributed by atoms with Crippen LogP contribution in [0.2, 0.25) is 0 Å². The zero-order chi connectivity index (χ0) is 21.5. The molecule has 4 rings (SSSR count). The van der Waals surface area contributed by atoms with E-state index in [0.717, 1.165) is 17.0 Å². The smallest absolute Gasteiger partial charge is 0.355 e. The summed E-state index contributed by atoms with van der Waals surface area (Å²) in [4.78, 5) is 21.2. The number of hydrogen-bond acceptors (Lipinski definition) is 4. The minimum absolute atomic E-state index is 0.143. The van der Waals surface area contributed by atoms with E-state index < -0.39 is 11.7 Å². The molecule has 3 heterocycles. The summed E-state index contributed by atoms with van der Waals surface area (Å²) in [5.74, 6) is -0.0246. The van der Waals surface area contributed by atoms with Gasteiger partial charge in [0.1, 0.15) is 11.6 Å². The number of benzene rings is 1. The van der Waals surface area contributed by atoms with Crippen LogP contribution in [0.15, 0.2) is 36.5 Å². The fourth-order valence-corrected chi connectivity index (χ4v) is 4.88. The SMILES string of the molecule is Cc1c(C(=O)N2CCCN(c3ccc(C(F)(F)F)cn3)CC2)sc2cccc(F)c12. The topological polar surface area (TPSA) is 36.4 Å². The molecule has 3 aromatic rings. The van der Waals surface area contributed by atoms with Crippen LogP contribution >= 0.6 is 11.3 Å². The van der Waals surface area contributed by atoms with Gasteiger partial charge in [0.2, 0.25) is 0 Å². The largest absolute Gasteiger partial charge is 0.417 e. The first kappa shape index (κ1) is 20.6. The predicted molar refractivity (Wildman–Crippen MR) is 108 cm³/mol. The van der Waals surface area contributed by atoms with Crippen LogP contribution in [-0.2, 0) is 6.18 Å². The minimum Gasteiger partial charge on any atom is -0.355 e. The standard InChI is InChI=1S/C21H19F4N3OS/c1-13-18-15(22)4-2-5-16(18)30-19(13)20(29)28-9-3-8-27(10-11-28)17-7-6-14(12-26-17)21(23,24)25/h2,4-7,12H,3,8-11H2,1H3. The lowest BCUT2D eigenvalue weighted by Gasteiger charge is -2.23. The second-order valence-electron chi connectivity index (χ2n) is 7.20. The number of alkyl halides is 3. The summed E-state index contributed by atoms with van der Waals surface area (Å²) in [5, 5.41) is 0.483. The molecule has 0 radical (unpaired) electrons. The third-order valence-corrected chi connectivity index (χ3v) is 6.52. The van der Waals surface area contributed by atoms with Gasteiger partial charge < -0.3 is 9.80 Å². The lowest BCUT2D eigenvalue weighted by molar-refractivity contribution is -0.137. The van der Waals surface area contributed by atoms with Crippen molar-refractivity contribution in [3.8, 4) is 0 Å². The summed E-state index contributed by atoms with van der Waals surface area (Å²) in [7, 11) is 0. The number of nitrogens with zero attached hydrogens (tertiary/aromatic N) is 3. The number of aryl methyl sites for hydroxylation is 1. The van der Waals surface area contributed by atoms with E-state index >= 15 is 0 Å². The molecule has 0 N–H and O–H groups in total. The maximum Gasteiger partial charge on any atom is 0.417 e. The second-order valence-corrected chi connectivity index (χ2v) is 8.26. The van der Waals surface area contributed by atoms with Crippen LogP contribution in [0.3, 0.4) is 0 Å². The molecule has 1 amide bonds. The van der Waals surface area contributed by atoms with Gasteiger partial charge in [0, 0.05) is 42.5 Å². The molecule has 0 aliphatic carbocycles. The molecule has 0 unspecified atom stereocenters. The zero-order valence-corrected chi connectivity index (χ0v) is 17.0. The van der Waals surface area contributed by atoms with Crippen LogP contribution < -0.4 is 4.90 Å². The van der Waals surface area contributed by atoms with Crippen molar-refractivity contribution < 1.29 is 22.4 Å². The third kappa shape index (κ3) is 3.86. The number of carbonyl (C=O) groups is 1. The minimum atomic E-state index is -4.42. The average Bonchev–Trinajstić information content (AvgIpc) is 2.89. The fraction of sp³-hybridized carbons (Fsp3) is 0.333. The van der Waals surface area contributed by atoms with Gasteiger partial charge in [-0.1, -0.05) is 6.07 Å². The Hall–Kier alpha value is -2.68. The van der Waals surface area contributed by atoms with E-state index in [1.807, 2.05) is 4.90 Å². The molecule has 0 atom stereocenters. The number of anilines is 1. The first-order valence-electron chi connectivity index (χ1n) is 9.51. The van der Waals surface area contributed by atoms with E-state index in [1.165, 1.54) is 23.5 Å². The summed E-state index contributed by atoms with van der Waals surface area (Å²) in [6, 6.07) is 7.19. The Morgan fingerprint density at radius 2 is 1.90 bits per heavy atom. The molecular formula is C21H19F4N3OS. The van der Waals surface area contributed by atoms with Crippen molar-refractivity contribution >= 4 is 33.1 Å². The first-order valence-corrected chi connectivity index (χ1v) is 10.3. The molecule has 4 nitrogen and oxygen atoms in total. The van der Waals surface area contributed by atoms with Gasteiger partial charge in [-0.15, -0.1) is 11.3 Å². The molecule has 1 aliphatic rings. The summed E-state index contributed by atoms with van der Waals surface area (Å²) in [6.45, 7) is 3.74. The Kier molecular flexibility index (Phi) is 5.40. The van der Waals surface area contributed by atoms with Crippen LogP contribution in [0.4, 0.5) is 23.4 Å². The van der Waals surface area contributed by atoms with Crippen LogP contribution in [0, 0.1) is 12.7 Å². The third-order valence-electron chi connectivity index (χ3n) is 5.28. The van der Waals surface area contributed by atoms with Crippen molar-refractivity contribution in [2.24, 2.45) is 0 Å². The molecule has 1 saturated heterocycles. The van der Waals surface area contributed by atoms with Gasteiger partial charge in [-0.2, -0.15) is 13.2 Å². The lowest BCUT2D eigenvalue weighted by atomic mass is 10.1. The average molecular weight is 437 g/mol. The highest BCUT2D eigenvalue weighted by Crippen LogP contribution is 2.34. The van der Waals surface area contributed by atoms with E-state index in [4.69, 9.17) is 0 Å². The number of fused-ring (bicyclic) bond motifs is 1. The maximum atomic E-state index is 14.2. The predicted octanol–water partition coefficient (Wildman–Crippen LogP) is 5.12. The van der Waals surface area contributed by atoms with Crippen LogP contribution in [0.1, 0.15) is 27.2 Å². The molecule has 0 bridgehead atoms. The van der Waals surface area contributed by atoms with E-state index in [2.05, 4.69) is 4.98 Å². The lowest BCUT2D eigenvalue weighted by Crippen LogP contribution is -2.35. The number of rotatable bonds is 2. The first-order chi connectivity index (χ1) is 14.3. The van der Waals surface area contributed by atoms with E-state index in [9.17, 15) is 22.4 Å². The second kappa shape index (κ2) is 7.86. The van der Waals surface area contributed by atoms with Crippen molar-refractivity contribution in [1.29, 1.82) is 0 Å². The van der Waals surface area contributed by atoms with Gasteiger partial charge >= 0.3 is 6.18 Å². The van der Waals surface area contributed by atoms with Crippen LogP contribution in [0.25, 0.3) is 10.1 Å². The molecule has 2 aromatic heterocycles. The zero-order valence-electron chi connectivity index (χ0n) is 16.2. The Balaban J connectivity index is 1.50. The monoisotopic (exact) mass is 437 g/mol. The maximum absolute atomic E-state index is 14.2. The Bertz CT molecular complexity index is 1080. The van der Waals surface area contributed by atoms with E-state index in [-0.39, 0.29) is 11.7 Å². The summed E-state index contributed by atoms with van der Waals surface area (Å²) in [5.41, 5.74) is -0.144. The molecule has 9 heteroatoms. The fourth-order valence-electron chi connectivity index (χ4n) is 3.69. The highest BCUT2D eigenvalue weighted by molar-refractivity contribution is 7.21. The number of halogens is 4. The van der Waals surface area contributed by atoms with Gasteiger partial charge in [-0.3, -0.25) is 4.79 Å². The normalized spacial score (nSPS) is 15.5. The molecule has 1 aliphatic heterocycles. The van der Waals surface area contributed by atoms with Crippen molar-refractivity contribution in [1.82, 2.24) is 9.88 Å². The molecule has 158 valence electrons. The van der Waals surface area contributed by atoms with Crippen molar-refractivity contribution in [3.05, 3.63) is 58.3 Å². The number of hydrogen-bond donors (Lipinski definition) is 0. The quantitative estimate of drug-likeness (QED) is 0.523. The molecule has 0 spiro atoms. The highest BCUT2D eigenvalue weighted by Gasteiger charge is 2.31. The molecule has 1 fully saturated rings. The van der Waals surface area contributed by atoms with Gasteiger partial charge in [-0.25, -0.2) is 9.37 Å². The van der Waals surface area contributed by atoms with Gasteiger partial charge in [-0.05, 0) is 43.2 Å². The number of aromatic nitrogens is 1. The number of amides is 1. The summed E-state index contributed by atoms with van der Waals surface area (Å²) < 4.78 is 53.1. The van der Waals surface area contributed by atoms with Crippen LogP contribution in [0.5, 0.6) is 0 Å². The molecule has 30 heavy (non-hydrogen) atoms. The van der Waals surface area contributed by atoms with Crippen molar-refractivity contribution in [3.63, 3.8) is 0 Å².